The van der Waals surface area contributed by atoms with Gasteiger partial charge in [-0.1, -0.05) is 35.4 Å². The Labute approximate surface area is 112 Å². The van der Waals surface area contributed by atoms with Gasteiger partial charge in [-0.05, 0) is 6.07 Å². The van der Waals surface area contributed by atoms with Gasteiger partial charge in [0.2, 0.25) is 0 Å². The van der Waals surface area contributed by atoms with Gasteiger partial charge in [0.15, 0.2) is 0 Å². The Morgan fingerprint density at radius 3 is 2.80 bits per heavy atom. The van der Waals surface area contributed by atoms with Crippen molar-refractivity contribution in [2.75, 3.05) is 6.54 Å². The van der Waals surface area contributed by atoms with E-state index in [1.807, 2.05) is 18.2 Å². The summed E-state index contributed by atoms with van der Waals surface area (Å²) in [6.07, 6.45) is 7.38. The van der Waals surface area contributed by atoms with Gasteiger partial charge in [0.05, 0.1) is 15.7 Å². The van der Waals surface area contributed by atoms with E-state index in [4.69, 9.17) is 23.2 Å². The molecule has 1 aliphatic rings. The standard InChI is InChI=1S/C10H7Cl2N2.Pd/c11-7-4-6-14-10(9(7)12)8-3-1-2-5-13-8;/h1-4,6H,5H2;/q-1;. The van der Waals surface area contributed by atoms with Crippen LogP contribution in [0.4, 0.5) is 0 Å². The zero-order valence-corrected chi connectivity index (χ0v) is 10.6. The molecule has 15 heavy (non-hydrogen) atoms. The van der Waals surface area contributed by atoms with E-state index >= 15 is 0 Å². The van der Waals surface area contributed by atoms with Crippen molar-refractivity contribution >= 4 is 28.9 Å². The van der Waals surface area contributed by atoms with Crippen molar-refractivity contribution in [3.05, 3.63) is 51.5 Å². The summed E-state index contributed by atoms with van der Waals surface area (Å²) in [5.41, 5.74) is 1.42. The van der Waals surface area contributed by atoms with E-state index in [1.54, 1.807) is 12.3 Å². The van der Waals surface area contributed by atoms with Crippen molar-refractivity contribution in [1.29, 1.82) is 0 Å². The number of pyridine rings is 1. The fourth-order valence-corrected chi connectivity index (χ4v) is 1.53. The summed E-state index contributed by atoms with van der Waals surface area (Å²) in [6.45, 7) is 0.663. The third-order valence-electron chi connectivity index (χ3n) is 1.84. The van der Waals surface area contributed by atoms with Crippen LogP contribution in [0.5, 0.6) is 0 Å². The average molecular weight is 333 g/mol. The Kier molecular flexibility index (Phi) is 4.82. The molecule has 0 fully saturated rings. The normalized spacial score (nSPS) is 13.9. The summed E-state index contributed by atoms with van der Waals surface area (Å²) in [5.74, 6) is 0. The van der Waals surface area contributed by atoms with Gasteiger partial charge in [-0.2, -0.15) is 0 Å². The van der Waals surface area contributed by atoms with Crippen LogP contribution in [0.25, 0.3) is 11.0 Å². The number of allylic oxidation sites excluding steroid dienone is 2. The summed E-state index contributed by atoms with van der Waals surface area (Å²) >= 11 is 11.9. The van der Waals surface area contributed by atoms with Gasteiger partial charge in [-0.3, -0.25) is 4.98 Å². The van der Waals surface area contributed by atoms with Gasteiger partial charge >= 0.3 is 0 Å². The molecule has 0 spiro atoms. The first-order chi connectivity index (χ1) is 6.79. The Morgan fingerprint density at radius 1 is 1.33 bits per heavy atom. The maximum Gasteiger partial charge on any atom is 0.0836 e. The van der Waals surface area contributed by atoms with Crippen LogP contribution in [0.3, 0.4) is 0 Å². The zero-order chi connectivity index (χ0) is 9.97. The third-order valence-corrected chi connectivity index (χ3v) is 2.64. The molecule has 1 aromatic heterocycles. The predicted molar refractivity (Wildman–Crippen MR) is 59.6 cm³/mol. The molecule has 0 aromatic carbocycles. The molecule has 0 atom stereocenters. The minimum Gasteiger partial charge on any atom is -0.679 e. The second-order valence-corrected chi connectivity index (χ2v) is 3.56. The van der Waals surface area contributed by atoms with Gasteiger partial charge in [0, 0.05) is 26.6 Å². The number of hydrogen-bond acceptors (Lipinski definition) is 1. The van der Waals surface area contributed by atoms with Crippen LogP contribution in [-0.4, -0.2) is 11.5 Å². The number of hydrogen-bond donors (Lipinski definition) is 0. The van der Waals surface area contributed by atoms with Crippen molar-refractivity contribution in [3.63, 3.8) is 0 Å². The number of halogens is 2. The van der Waals surface area contributed by atoms with E-state index in [1.165, 1.54) is 0 Å². The Balaban J connectivity index is 0.00000112. The van der Waals surface area contributed by atoms with Crippen molar-refractivity contribution in [2.45, 2.75) is 0 Å². The van der Waals surface area contributed by atoms with Crippen LogP contribution in [-0.2, 0) is 20.4 Å². The molecule has 1 aromatic rings. The molecule has 1 aliphatic heterocycles. The molecule has 0 aliphatic carbocycles. The summed E-state index contributed by atoms with van der Waals surface area (Å²) in [5, 5.41) is 5.23. The first-order valence-corrected chi connectivity index (χ1v) is 4.89. The third kappa shape index (κ3) is 2.83. The average Bonchev–Trinajstić information content (AvgIpc) is 2.23. The van der Waals surface area contributed by atoms with Gasteiger partial charge in [0.1, 0.15) is 0 Å². The Bertz CT molecular complexity index is 416. The fourth-order valence-electron chi connectivity index (χ4n) is 1.18. The van der Waals surface area contributed by atoms with Crippen molar-refractivity contribution in [1.82, 2.24) is 4.98 Å². The molecule has 0 radical (unpaired) electrons. The number of nitrogens with zero attached hydrogens (tertiary/aromatic N) is 2. The molecular formula is C10H7Cl2N2Pd-. The summed E-state index contributed by atoms with van der Waals surface area (Å²) in [4.78, 5) is 4.15. The predicted octanol–water partition coefficient (Wildman–Crippen LogP) is 3.67. The SMILES string of the molecule is Clc1ccnc(C2=CC=CC[N-]2)c1Cl.[Pd]. The van der Waals surface area contributed by atoms with E-state index in [0.717, 1.165) is 5.70 Å². The van der Waals surface area contributed by atoms with E-state index < -0.39 is 0 Å². The van der Waals surface area contributed by atoms with Crippen LogP contribution >= 0.6 is 23.2 Å². The second kappa shape index (κ2) is 5.67. The molecule has 0 saturated carbocycles. The van der Waals surface area contributed by atoms with Crippen LogP contribution in [0.1, 0.15) is 5.69 Å². The van der Waals surface area contributed by atoms with E-state index in [-0.39, 0.29) is 20.4 Å². The van der Waals surface area contributed by atoms with Crippen LogP contribution in [0.2, 0.25) is 10.0 Å². The minimum atomic E-state index is 0. The van der Waals surface area contributed by atoms with Crippen molar-refractivity contribution in [3.8, 4) is 0 Å². The monoisotopic (exact) mass is 331 g/mol. The zero-order valence-electron chi connectivity index (χ0n) is 7.56. The molecule has 2 heterocycles. The second-order valence-electron chi connectivity index (χ2n) is 2.78. The first-order valence-electron chi connectivity index (χ1n) is 4.14. The van der Waals surface area contributed by atoms with E-state index in [0.29, 0.717) is 22.3 Å². The first kappa shape index (κ1) is 12.7. The molecule has 2 nitrogen and oxygen atoms in total. The molecule has 5 heteroatoms. The maximum absolute atomic E-state index is 6.01. The van der Waals surface area contributed by atoms with E-state index in [9.17, 15) is 0 Å². The Hall–Kier alpha value is -0.328. The van der Waals surface area contributed by atoms with Gasteiger partial charge in [0.25, 0.3) is 0 Å². The summed E-state index contributed by atoms with van der Waals surface area (Å²) < 4.78 is 0. The van der Waals surface area contributed by atoms with Gasteiger partial charge < -0.3 is 5.32 Å². The molecule has 0 saturated heterocycles. The number of aromatic nitrogens is 1. The molecule has 0 bridgehead atoms. The Morgan fingerprint density at radius 2 is 2.13 bits per heavy atom. The smallest absolute Gasteiger partial charge is 0.0836 e. The van der Waals surface area contributed by atoms with Crippen LogP contribution in [0, 0.1) is 0 Å². The molecule has 0 N–H and O–H groups in total. The van der Waals surface area contributed by atoms with E-state index in [2.05, 4.69) is 10.3 Å². The molecular weight excluding hydrogens is 325 g/mol. The van der Waals surface area contributed by atoms with Crippen molar-refractivity contribution < 1.29 is 20.4 Å². The topological polar surface area (TPSA) is 27.0 Å². The van der Waals surface area contributed by atoms with Gasteiger partial charge in [-0.15, -0.1) is 18.3 Å². The molecule has 2 rings (SSSR count). The summed E-state index contributed by atoms with van der Waals surface area (Å²) in [6, 6.07) is 1.66. The maximum atomic E-state index is 6.01. The van der Waals surface area contributed by atoms with Gasteiger partial charge in [-0.25, -0.2) is 0 Å². The fraction of sp³-hybridized carbons (Fsp3) is 0.100. The van der Waals surface area contributed by atoms with Crippen LogP contribution in [0.15, 0.2) is 30.5 Å². The summed E-state index contributed by atoms with van der Waals surface area (Å²) in [7, 11) is 0. The molecule has 0 amide bonds. The number of rotatable bonds is 1. The largest absolute Gasteiger partial charge is 0.679 e. The van der Waals surface area contributed by atoms with Crippen LogP contribution < -0.4 is 0 Å². The van der Waals surface area contributed by atoms with Crippen molar-refractivity contribution in [2.24, 2.45) is 0 Å². The quantitative estimate of drug-likeness (QED) is 0.721. The molecule has 0 unspecified atom stereocenters. The molecule has 82 valence electrons. The minimum absolute atomic E-state index is 0.